The van der Waals surface area contributed by atoms with Crippen molar-refractivity contribution in [3.63, 3.8) is 0 Å². The number of aromatic nitrogens is 1. The molecular weight excluding hydrogens is 324 g/mol. The minimum atomic E-state index is -1.03. The molecule has 134 valence electrons. The smallest absolute Gasteiger partial charge is 0.341 e. The Kier molecular flexibility index (Phi) is 5.80. The first-order valence-corrected chi connectivity index (χ1v) is 8.01. The van der Waals surface area contributed by atoms with Crippen LogP contribution in [-0.2, 0) is 4.79 Å². The van der Waals surface area contributed by atoms with Crippen LogP contribution in [0.25, 0.3) is 0 Å². The van der Waals surface area contributed by atoms with Crippen LogP contribution in [0.5, 0.6) is 5.75 Å². The number of aliphatic carboxylic acids is 1. The third kappa shape index (κ3) is 4.59. The zero-order valence-electron chi connectivity index (χ0n) is 14.7. The largest absolute Gasteiger partial charge is 0.482 e. The van der Waals surface area contributed by atoms with Gasteiger partial charge in [0.1, 0.15) is 11.3 Å². The molecule has 7 heteroatoms. The van der Waals surface area contributed by atoms with E-state index < -0.39 is 12.6 Å². The molecule has 0 saturated heterocycles. The molecule has 7 nitrogen and oxygen atoms in total. The average Bonchev–Trinajstić information content (AvgIpc) is 2.95. The molecule has 2 aromatic rings. The fraction of sp³-hybridized carbons (Fsp3) is 0.389. The van der Waals surface area contributed by atoms with Crippen LogP contribution >= 0.6 is 0 Å². The molecule has 1 aromatic heterocycles. The number of amides is 1. The van der Waals surface area contributed by atoms with E-state index in [9.17, 15) is 9.59 Å². The quantitative estimate of drug-likeness (QED) is 0.799. The van der Waals surface area contributed by atoms with E-state index in [1.807, 2.05) is 20.8 Å². The number of carboxylic acids is 1. The lowest BCUT2D eigenvalue weighted by Gasteiger charge is -2.15. The molecule has 1 aromatic carbocycles. The number of nitrogens with one attached hydrogen (secondary N) is 1. The predicted molar refractivity (Wildman–Crippen MR) is 90.8 cm³/mol. The number of benzene rings is 1. The van der Waals surface area contributed by atoms with Crippen LogP contribution in [0.4, 0.5) is 0 Å². The predicted octanol–water partition coefficient (Wildman–Crippen LogP) is 3.06. The molecule has 0 aliphatic carbocycles. The number of ether oxygens (including phenoxy) is 1. The molecule has 0 spiro atoms. The van der Waals surface area contributed by atoms with Crippen molar-refractivity contribution in [2.75, 3.05) is 6.61 Å². The van der Waals surface area contributed by atoms with Gasteiger partial charge < -0.3 is 19.7 Å². The first-order valence-electron chi connectivity index (χ1n) is 8.01. The summed E-state index contributed by atoms with van der Waals surface area (Å²) in [5.74, 6) is -0.180. The van der Waals surface area contributed by atoms with E-state index in [4.69, 9.17) is 14.4 Å². The lowest BCUT2D eigenvalue weighted by Crippen LogP contribution is -2.27. The van der Waals surface area contributed by atoms with Crippen LogP contribution in [-0.4, -0.2) is 28.7 Å². The maximum Gasteiger partial charge on any atom is 0.341 e. The van der Waals surface area contributed by atoms with Crippen molar-refractivity contribution in [1.29, 1.82) is 0 Å². The van der Waals surface area contributed by atoms with Crippen molar-refractivity contribution in [3.05, 3.63) is 46.8 Å². The molecule has 25 heavy (non-hydrogen) atoms. The fourth-order valence-electron chi connectivity index (χ4n) is 2.41. The van der Waals surface area contributed by atoms with Gasteiger partial charge in [-0.15, -0.1) is 0 Å². The van der Waals surface area contributed by atoms with Gasteiger partial charge >= 0.3 is 5.97 Å². The number of carbonyl (C=O) groups excluding carboxylic acids is 1. The molecule has 0 aliphatic rings. The van der Waals surface area contributed by atoms with Crippen LogP contribution < -0.4 is 10.1 Å². The van der Waals surface area contributed by atoms with Crippen LogP contribution in [0, 0.1) is 6.92 Å². The van der Waals surface area contributed by atoms with Gasteiger partial charge in [-0.1, -0.05) is 31.1 Å². The van der Waals surface area contributed by atoms with Gasteiger partial charge in [0.15, 0.2) is 12.4 Å². The van der Waals surface area contributed by atoms with Gasteiger partial charge in [-0.05, 0) is 31.5 Å². The summed E-state index contributed by atoms with van der Waals surface area (Å²) < 4.78 is 10.3. The summed E-state index contributed by atoms with van der Waals surface area (Å²) in [6, 6.07) is 6.67. The van der Waals surface area contributed by atoms with Crippen LogP contribution in [0.3, 0.4) is 0 Å². The molecule has 0 radical (unpaired) electrons. The van der Waals surface area contributed by atoms with Crippen molar-refractivity contribution < 1.29 is 24.0 Å². The van der Waals surface area contributed by atoms with E-state index in [1.165, 1.54) is 0 Å². The highest BCUT2D eigenvalue weighted by Crippen LogP contribution is 2.24. The Hall–Kier alpha value is -2.83. The average molecular weight is 346 g/mol. The highest BCUT2D eigenvalue weighted by Gasteiger charge is 2.23. The number of hydrogen-bond donors (Lipinski definition) is 2. The summed E-state index contributed by atoms with van der Waals surface area (Å²) in [5, 5.41) is 15.4. The molecule has 0 saturated carbocycles. The standard InChI is InChI=1S/C18H22N2O5/c1-10(2)17-16(12(4)20-25-17)18(23)19-11(3)13-5-7-14(8-6-13)24-9-15(21)22/h5-8,10-11H,9H2,1-4H3,(H,19,23)(H,21,22). The lowest BCUT2D eigenvalue weighted by molar-refractivity contribution is -0.139. The van der Waals surface area contributed by atoms with Gasteiger partial charge in [0, 0.05) is 5.92 Å². The van der Waals surface area contributed by atoms with Crippen LogP contribution in [0.2, 0.25) is 0 Å². The van der Waals surface area contributed by atoms with Crippen molar-refractivity contribution in [2.45, 2.75) is 39.7 Å². The van der Waals surface area contributed by atoms with E-state index >= 15 is 0 Å². The van der Waals surface area contributed by atoms with Crippen molar-refractivity contribution in [1.82, 2.24) is 10.5 Å². The number of aryl methyl sites for hydroxylation is 1. The van der Waals surface area contributed by atoms with Gasteiger partial charge in [0.25, 0.3) is 5.91 Å². The van der Waals surface area contributed by atoms with Crippen molar-refractivity contribution >= 4 is 11.9 Å². The molecule has 2 N–H and O–H groups in total. The summed E-state index contributed by atoms with van der Waals surface area (Å²) in [4.78, 5) is 23.1. The first-order chi connectivity index (χ1) is 11.8. The van der Waals surface area contributed by atoms with E-state index in [0.717, 1.165) is 5.56 Å². The molecule has 0 aliphatic heterocycles. The van der Waals surface area contributed by atoms with Gasteiger partial charge in [-0.3, -0.25) is 4.79 Å². The Labute approximate surface area is 146 Å². The molecule has 0 fully saturated rings. The van der Waals surface area contributed by atoms with Gasteiger partial charge in [-0.25, -0.2) is 4.79 Å². The normalized spacial score (nSPS) is 12.0. The Balaban J connectivity index is 2.06. The zero-order valence-corrected chi connectivity index (χ0v) is 14.7. The van der Waals surface area contributed by atoms with E-state index in [2.05, 4.69) is 10.5 Å². The number of nitrogens with zero attached hydrogens (tertiary/aromatic N) is 1. The summed E-state index contributed by atoms with van der Waals surface area (Å²) in [7, 11) is 0. The van der Waals surface area contributed by atoms with E-state index in [0.29, 0.717) is 22.8 Å². The molecule has 0 bridgehead atoms. The second-order valence-electron chi connectivity index (χ2n) is 6.11. The number of hydrogen-bond acceptors (Lipinski definition) is 5. The first kappa shape index (κ1) is 18.5. The topological polar surface area (TPSA) is 102 Å². The summed E-state index contributed by atoms with van der Waals surface area (Å²) >= 11 is 0. The molecular formula is C18H22N2O5. The van der Waals surface area contributed by atoms with Crippen molar-refractivity contribution in [3.8, 4) is 5.75 Å². The van der Waals surface area contributed by atoms with E-state index in [-0.39, 0.29) is 17.9 Å². The molecule has 1 heterocycles. The zero-order chi connectivity index (χ0) is 18.6. The molecule has 1 unspecified atom stereocenters. The third-order valence-electron chi connectivity index (χ3n) is 3.73. The van der Waals surface area contributed by atoms with Crippen LogP contribution in [0.15, 0.2) is 28.8 Å². The van der Waals surface area contributed by atoms with Crippen LogP contribution in [0.1, 0.15) is 60.1 Å². The Morgan fingerprint density at radius 1 is 1.24 bits per heavy atom. The van der Waals surface area contributed by atoms with Crippen molar-refractivity contribution in [2.24, 2.45) is 0 Å². The molecule has 1 atom stereocenters. The molecule has 2 rings (SSSR count). The fourth-order valence-corrected chi connectivity index (χ4v) is 2.41. The second-order valence-corrected chi connectivity index (χ2v) is 6.11. The minimum absolute atomic E-state index is 0.0583. The SMILES string of the molecule is Cc1noc(C(C)C)c1C(=O)NC(C)c1ccc(OCC(=O)O)cc1. The summed E-state index contributed by atoms with van der Waals surface area (Å²) in [5.41, 5.74) is 1.91. The third-order valence-corrected chi connectivity index (χ3v) is 3.73. The van der Waals surface area contributed by atoms with Gasteiger partial charge in [0.2, 0.25) is 0 Å². The minimum Gasteiger partial charge on any atom is -0.482 e. The van der Waals surface area contributed by atoms with E-state index in [1.54, 1.807) is 31.2 Å². The second kappa shape index (κ2) is 7.83. The monoisotopic (exact) mass is 346 g/mol. The number of carboxylic acid groups (broad SMARTS) is 1. The molecule has 1 amide bonds. The van der Waals surface area contributed by atoms with Gasteiger partial charge in [0.05, 0.1) is 11.7 Å². The number of carbonyl (C=O) groups is 2. The maximum absolute atomic E-state index is 12.6. The Morgan fingerprint density at radius 2 is 1.88 bits per heavy atom. The van der Waals surface area contributed by atoms with Gasteiger partial charge in [-0.2, -0.15) is 0 Å². The highest BCUT2D eigenvalue weighted by atomic mass is 16.5. The Morgan fingerprint density at radius 3 is 2.44 bits per heavy atom. The summed E-state index contributed by atoms with van der Waals surface area (Å²) in [6.45, 7) is 7.09. The lowest BCUT2D eigenvalue weighted by atomic mass is 10.0. The number of rotatable bonds is 7. The summed E-state index contributed by atoms with van der Waals surface area (Å²) in [6.07, 6.45) is 0. The maximum atomic E-state index is 12.6. The highest BCUT2D eigenvalue weighted by molar-refractivity contribution is 5.96. The Bertz CT molecular complexity index is 749.